The van der Waals surface area contributed by atoms with Crippen molar-refractivity contribution in [1.29, 1.82) is 0 Å². The van der Waals surface area contributed by atoms with Gasteiger partial charge in [-0.2, -0.15) is 0 Å². The SMILES string of the molecule is C#Cc1ccccc1CN. The lowest BCUT2D eigenvalue weighted by molar-refractivity contribution is 1.06. The third kappa shape index (κ3) is 1.18. The summed E-state index contributed by atoms with van der Waals surface area (Å²) in [6, 6.07) is 7.68. The maximum atomic E-state index is 5.43. The molecule has 0 aromatic heterocycles. The molecule has 0 fully saturated rings. The third-order valence-electron chi connectivity index (χ3n) is 1.39. The molecule has 1 aromatic carbocycles. The molecule has 1 rings (SSSR count). The van der Waals surface area contributed by atoms with Gasteiger partial charge in [0.1, 0.15) is 0 Å². The van der Waals surface area contributed by atoms with Crippen molar-refractivity contribution in [1.82, 2.24) is 0 Å². The predicted octanol–water partition coefficient (Wildman–Crippen LogP) is 1.13. The van der Waals surface area contributed by atoms with Crippen molar-refractivity contribution in [3.05, 3.63) is 35.4 Å². The number of hydrogen-bond acceptors (Lipinski definition) is 1. The number of hydrogen-bond donors (Lipinski definition) is 1. The summed E-state index contributed by atoms with van der Waals surface area (Å²) < 4.78 is 0. The summed E-state index contributed by atoms with van der Waals surface area (Å²) in [7, 11) is 0. The van der Waals surface area contributed by atoms with Crippen LogP contribution in [0.5, 0.6) is 0 Å². The van der Waals surface area contributed by atoms with E-state index in [-0.39, 0.29) is 0 Å². The maximum Gasteiger partial charge on any atom is 0.0287 e. The Morgan fingerprint density at radius 2 is 2.10 bits per heavy atom. The van der Waals surface area contributed by atoms with Crippen LogP contribution in [0.15, 0.2) is 24.3 Å². The van der Waals surface area contributed by atoms with Gasteiger partial charge in [-0.3, -0.25) is 0 Å². The largest absolute Gasteiger partial charge is 0.326 e. The molecule has 0 aliphatic carbocycles. The summed E-state index contributed by atoms with van der Waals surface area (Å²) in [6.45, 7) is 0.514. The molecule has 2 N–H and O–H groups in total. The fourth-order valence-electron chi connectivity index (χ4n) is 0.839. The van der Waals surface area contributed by atoms with E-state index in [1.54, 1.807) is 0 Å². The lowest BCUT2D eigenvalue weighted by atomic mass is 10.1. The minimum Gasteiger partial charge on any atom is -0.326 e. The molecule has 0 radical (unpaired) electrons. The van der Waals surface area contributed by atoms with Crippen LogP contribution in [-0.4, -0.2) is 0 Å². The Balaban J connectivity index is 3.12. The Labute approximate surface area is 60.9 Å². The molecule has 0 aliphatic rings. The quantitative estimate of drug-likeness (QED) is 0.568. The number of nitrogens with two attached hydrogens (primary N) is 1. The predicted molar refractivity (Wildman–Crippen MR) is 42.3 cm³/mol. The van der Waals surface area contributed by atoms with Crippen molar-refractivity contribution in [3.63, 3.8) is 0 Å². The van der Waals surface area contributed by atoms with E-state index in [2.05, 4.69) is 5.92 Å². The fourth-order valence-corrected chi connectivity index (χ4v) is 0.839. The van der Waals surface area contributed by atoms with Gasteiger partial charge in [-0.25, -0.2) is 0 Å². The Bertz CT molecular complexity index is 258. The fraction of sp³-hybridized carbons (Fsp3) is 0.111. The summed E-state index contributed by atoms with van der Waals surface area (Å²) in [5, 5.41) is 0. The summed E-state index contributed by atoms with van der Waals surface area (Å²) >= 11 is 0. The van der Waals surface area contributed by atoms with Crippen molar-refractivity contribution in [3.8, 4) is 12.3 Å². The first kappa shape index (κ1) is 6.85. The van der Waals surface area contributed by atoms with E-state index in [1.165, 1.54) is 0 Å². The lowest BCUT2D eigenvalue weighted by Crippen LogP contribution is -1.98. The van der Waals surface area contributed by atoms with Gasteiger partial charge in [-0.15, -0.1) is 6.42 Å². The average Bonchev–Trinajstić information content (AvgIpc) is 2.04. The molecule has 0 saturated carbocycles. The zero-order valence-corrected chi connectivity index (χ0v) is 5.67. The lowest BCUT2D eigenvalue weighted by Gasteiger charge is -1.97. The Morgan fingerprint density at radius 3 is 2.60 bits per heavy atom. The molecule has 0 aliphatic heterocycles. The number of rotatable bonds is 1. The molecule has 0 unspecified atom stereocenters. The van der Waals surface area contributed by atoms with Gasteiger partial charge in [0, 0.05) is 12.1 Å². The minimum atomic E-state index is 0.514. The highest BCUT2D eigenvalue weighted by Gasteiger charge is 1.92. The van der Waals surface area contributed by atoms with Crippen LogP contribution >= 0.6 is 0 Å². The summed E-state index contributed by atoms with van der Waals surface area (Å²) in [6.07, 6.45) is 5.22. The van der Waals surface area contributed by atoms with Crippen LogP contribution < -0.4 is 5.73 Å². The minimum absolute atomic E-state index is 0.514. The van der Waals surface area contributed by atoms with Gasteiger partial charge in [0.2, 0.25) is 0 Å². The second-order valence-electron chi connectivity index (χ2n) is 2.01. The van der Waals surface area contributed by atoms with Crippen LogP contribution in [-0.2, 0) is 6.54 Å². The van der Waals surface area contributed by atoms with Crippen molar-refractivity contribution in [2.45, 2.75) is 6.54 Å². The molecular weight excluding hydrogens is 122 g/mol. The second-order valence-corrected chi connectivity index (χ2v) is 2.01. The number of terminal acetylenes is 1. The van der Waals surface area contributed by atoms with Crippen LogP contribution in [0.2, 0.25) is 0 Å². The molecule has 10 heavy (non-hydrogen) atoms. The molecule has 1 heteroatoms. The third-order valence-corrected chi connectivity index (χ3v) is 1.39. The number of benzene rings is 1. The first-order valence-corrected chi connectivity index (χ1v) is 3.13. The monoisotopic (exact) mass is 131 g/mol. The molecule has 0 bridgehead atoms. The first-order valence-electron chi connectivity index (χ1n) is 3.13. The summed E-state index contributed by atoms with van der Waals surface area (Å²) in [5.74, 6) is 2.57. The highest BCUT2D eigenvalue weighted by Crippen LogP contribution is 2.04. The topological polar surface area (TPSA) is 26.0 Å². The van der Waals surface area contributed by atoms with Crippen molar-refractivity contribution < 1.29 is 0 Å². The van der Waals surface area contributed by atoms with Crippen molar-refractivity contribution in [2.75, 3.05) is 0 Å². The summed E-state index contributed by atoms with van der Waals surface area (Å²) in [5.41, 5.74) is 7.36. The van der Waals surface area contributed by atoms with E-state index in [1.807, 2.05) is 24.3 Å². The average molecular weight is 131 g/mol. The first-order chi connectivity index (χ1) is 4.88. The second kappa shape index (κ2) is 3.05. The zero-order chi connectivity index (χ0) is 7.40. The molecule has 0 heterocycles. The van der Waals surface area contributed by atoms with E-state index in [4.69, 9.17) is 12.2 Å². The molecule has 50 valence electrons. The van der Waals surface area contributed by atoms with Gasteiger partial charge in [-0.1, -0.05) is 24.1 Å². The van der Waals surface area contributed by atoms with Crippen LogP contribution in [0, 0.1) is 12.3 Å². The van der Waals surface area contributed by atoms with Gasteiger partial charge >= 0.3 is 0 Å². The molecule has 0 atom stereocenters. The van der Waals surface area contributed by atoms with E-state index in [0.717, 1.165) is 11.1 Å². The van der Waals surface area contributed by atoms with Gasteiger partial charge in [0.05, 0.1) is 0 Å². The Hall–Kier alpha value is -1.26. The summed E-state index contributed by atoms with van der Waals surface area (Å²) in [4.78, 5) is 0. The molecule has 0 saturated heterocycles. The Morgan fingerprint density at radius 1 is 1.40 bits per heavy atom. The van der Waals surface area contributed by atoms with Crippen LogP contribution in [0.1, 0.15) is 11.1 Å². The van der Waals surface area contributed by atoms with Crippen LogP contribution in [0.25, 0.3) is 0 Å². The van der Waals surface area contributed by atoms with E-state index < -0.39 is 0 Å². The standard InChI is InChI=1S/C9H9N/c1-2-8-5-3-4-6-9(8)7-10/h1,3-6H,7,10H2. The Kier molecular flexibility index (Phi) is 2.09. The van der Waals surface area contributed by atoms with E-state index in [0.29, 0.717) is 6.54 Å². The smallest absolute Gasteiger partial charge is 0.0287 e. The van der Waals surface area contributed by atoms with Gasteiger partial charge < -0.3 is 5.73 Å². The highest BCUT2D eigenvalue weighted by molar-refractivity contribution is 5.39. The van der Waals surface area contributed by atoms with Gasteiger partial charge in [-0.05, 0) is 11.6 Å². The van der Waals surface area contributed by atoms with Gasteiger partial charge in [0.25, 0.3) is 0 Å². The molecule has 1 nitrogen and oxygen atoms in total. The van der Waals surface area contributed by atoms with Crippen molar-refractivity contribution in [2.24, 2.45) is 5.73 Å². The van der Waals surface area contributed by atoms with Crippen LogP contribution in [0.3, 0.4) is 0 Å². The van der Waals surface area contributed by atoms with Gasteiger partial charge in [0.15, 0.2) is 0 Å². The molecular formula is C9H9N. The van der Waals surface area contributed by atoms with E-state index in [9.17, 15) is 0 Å². The zero-order valence-electron chi connectivity index (χ0n) is 5.67. The molecule has 0 spiro atoms. The molecule has 0 amide bonds. The highest BCUT2D eigenvalue weighted by atomic mass is 14.5. The van der Waals surface area contributed by atoms with E-state index >= 15 is 0 Å². The maximum absolute atomic E-state index is 5.43. The molecule has 1 aromatic rings. The van der Waals surface area contributed by atoms with Crippen molar-refractivity contribution >= 4 is 0 Å². The van der Waals surface area contributed by atoms with Crippen LogP contribution in [0.4, 0.5) is 0 Å². The normalized spacial score (nSPS) is 8.80.